The van der Waals surface area contributed by atoms with Gasteiger partial charge in [-0.3, -0.25) is 4.84 Å². The molecule has 0 aliphatic carbocycles. The maximum absolute atomic E-state index is 8.29. The van der Waals surface area contributed by atoms with Crippen molar-refractivity contribution in [2.24, 2.45) is 0 Å². The maximum Gasteiger partial charge on any atom is 0.0916 e. The fraction of sp³-hybridized carbons (Fsp3) is 1.00. The van der Waals surface area contributed by atoms with Crippen LogP contribution in [0.1, 0.15) is 6.92 Å². The van der Waals surface area contributed by atoms with Crippen LogP contribution in [0.5, 0.6) is 0 Å². The Balaban J connectivity index is 2.65. The van der Waals surface area contributed by atoms with Gasteiger partial charge in [-0.2, -0.15) is 0 Å². The van der Waals surface area contributed by atoms with E-state index < -0.39 is 0 Å². The smallest absolute Gasteiger partial charge is 0.0916 e. The summed E-state index contributed by atoms with van der Waals surface area (Å²) in [5.74, 6) is 0. The molecule has 0 aromatic heterocycles. The lowest BCUT2D eigenvalue weighted by Gasteiger charge is -2.02. The van der Waals surface area contributed by atoms with Crippen molar-refractivity contribution in [3.8, 4) is 0 Å². The van der Waals surface area contributed by atoms with Gasteiger partial charge in [-0.05, 0) is 0 Å². The molecule has 0 saturated carbocycles. The second-order valence-electron chi connectivity index (χ2n) is 1.68. The Morgan fingerprint density at radius 3 is 2.70 bits per heavy atom. The van der Waals surface area contributed by atoms with Crippen molar-refractivity contribution in [3.63, 3.8) is 0 Å². The van der Waals surface area contributed by atoms with E-state index in [9.17, 15) is 0 Å². The fourth-order valence-corrected chi connectivity index (χ4v) is 0.441. The summed E-state index contributed by atoms with van der Waals surface area (Å²) in [7, 11) is 0. The van der Waals surface area contributed by atoms with Gasteiger partial charge in [-0.1, -0.05) is 6.92 Å². The first-order valence-electron chi connectivity index (χ1n) is 3.45. The van der Waals surface area contributed by atoms with Crippen molar-refractivity contribution >= 4 is 0 Å². The molecular weight excluding hydrogens is 134 g/mol. The quantitative estimate of drug-likeness (QED) is 0.380. The van der Waals surface area contributed by atoms with Crippen LogP contribution in [0.15, 0.2) is 0 Å². The molecule has 0 rings (SSSR count). The summed E-state index contributed by atoms with van der Waals surface area (Å²) >= 11 is 0. The van der Waals surface area contributed by atoms with Crippen molar-refractivity contribution in [1.82, 2.24) is 5.48 Å². The normalized spacial score (nSPS) is 10.2. The van der Waals surface area contributed by atoms with Crippen molar-refractivity contribution in [1.29, 1.82) is 0 Å². The van der Waals surface area contributed by atoms with E-state index in [0.717, 1.165) is 6.54 Å². The maximum atomic E-state index is 8.29. The van der Waals surface area contributed by atoms with E-state index >= 15 is 0 Å². The molecule has 10 heavy (non-hydrogen) atoms. The third kappa shape index (κ3) is 7.84. The summed E-state index contributed by atoms with van der Waals surface area (Å²) in [6.07, 6.45) is 0. The van der Waals surface area contributed by atoms with E-state index in [1.807, 2.05) is 6.92 Å². The highest BCUT2D eigenvalue weighted by Crippen LogP contribution is 1.73. The number of aliphatic hydroxyl groups excluding tert-OH is 1. The monoisotopic (exact) mass is 149 g/mol. The van der Waals surface area contributed by atoms with E-state index in [1.54, 1.807) is 0 Å². The lowest BCUT2D eigenvalue weighted by atomic mass is 10.7. The van der Waals surface area contributed by atoms with Gasteiger partial charge < -0.3 is 9.84 Å². The molecule has 0 bridgehead atoms. The van der Waals surface area contributed by atoms with Crippen LogP contribution < -0.4 is 5.48 Å². The largest absolute Gasteiger partial charge is 0.394 e. The van der Waals surface area contributed by atoms with Gasteiger partial charge in [0.05, 0.1) is 26.4 Å². The summed E-state index contributed by atoms with van der Waals surface area (Å²) in [6.45, 7) is 4.24. The summed E-state index contributed by atoms with van der Waals surface area (Å²) in [5, 5.41) is 8.29. The Labute approximate surface area is 61.1 Å². The molecule has 0 saturated heterocycles. The molecule has 2 N–H and O–H groups in total. The minimum Gasteiger partial charge on any atom is -0.394 e. The van der Waals surface area contributed by atoms with Crippen LogP contribution >= 0.6 is 0 Å². The molecule has 0 fully saturated rings. The molecule has 0 atom stereocenters. The topological polar surface area (TPSA) is 50.7 Å². The molecule has 0 aromatic rings. The minimum atomic E-state index is 0.0706. The highest BCUT2D eigenvalue weighted by atomic mass is 16.7. The number of hydrogen-bond acceptors (Lipinski definition) is 4. The zero-order valence-corrected chi connectivity index (χ0v) is 6.30. The number of nitrogens with one attached hydrogen (secondary N) is 1. The van der Waals surface area contributed by atoms with Gasteiger partial charge in [0.1, 0.15) is 0 Å². The second-order valence-corrected chi connectivity index (χ2v) is 1.68. The average Bonchev–Trinajstić information content (AvgIpc) is 1.97. The van der Waals surface area contributed by atoms with E-state index in [2.05, 4.69) is 5.48 Å². The highest BCUT2D eigenvalue weighted by Gasteiger charge is 1.85. The molecule has 4 nitrogen and oxygen atoms in total. The highest BCUT2D eigenvalue weighted by molar-refractivity contribution is 4.27. The van der Waals surface area contributed by atoms with E-state index in [0.29, 0.717) is 19.8 Å². The molecule has 0 heterocycles. The van der Waals surface area contributed by atoms with Crippen LogP contribution in [0.4, 0.5) is 0 Å². The first-order valence-corrected chi connectivity index (χ1v) is 3.45. The molecule has 0 amide bonds. The van der Waals surface area contributed by atoms with Gasteiger partial charge in [-0.15, -0.1) is 0 Å². The lowest BCUT2D eigenvalue weighted by molar-refractivity contribution is -0.00896. The van der Waals surface area contributed by atoms with Crippen molar-refractivity contribution in [2.75, 3.05) is 33.0 Å². The summed E-state index contributed by atoms with van der Waals surface area (Å²) in [4.78, 5) is 4.87. The third-order valence-corrected chi connectivity index (χ3v) is 0.812. The Hall–Kier alpha value is -0.160. The number of hydroxylamine groups is 1. The molecule has 62 valence electrons. The number of hydrogen-bond donors (Lipinski definition) is 2. The summed E-state index contributed by atoms with van der Waals surface area (Å²) in [6, 6.07) is 0. The van der Waals surface area contributed by atoms with Crippen LogP contribution in [0, 0.1) is 0 Å². The van der Waals surface area contributed by atoms with Crippen molar-refractivity contribution in [2.45, 2.75) is 6.92 Å². The third-order valence-electron chi connectivity index (χ3n) is 0.812. The number of aliphatic hydroxyl groups is 1. The Morgan fingerprint density at radius 2 is 2.10 bits per heavy atom. The molecule has 4 heteroatoms. The van der Waals surface area contributed by atoms with Crippen molar-refractivity contribution in [3.05, 3.63) is 0 Å². The van der Waals surface area contributed by atoms with E-state index in [-0.39, 0.29) is 6.61 Å². The van der Waals surface area contributed by atoms with Crippen LogP contribution in [0.25, 0.3) is 0 Å². The average molecular weight is 149 g/mol. The van der Waals surface area contributed by atoms with Gasteiger partial charge in [-0.25, -0.2) is 5.48 Å². The van der Waals surface area contributed by atoms with Gasteiger partial charge in [0, 0.05) is 6.54 Å². The molecular formula is C6H15NO3. The van der Waals surface area contributed by atoms with Crippen LogP contribution in [-0.4, -0.2) is 38.1 Å². The van der Waals surface area contributed by atoms with Crippen LogP contribution in [0.2, 0.25) is 0 Å². The minimum absolute atomic E-state index is 0.0706. The first kappa shape index (κ1) is 9.84. The number of rotatable bonds is 7. The Kier molecular flexibility index (Phi) is 8.70. The molecule has 0 aliphatic rings. The van der Waals surface area contributed by atoms with Crippen LogP contribution in [-0.2, 0) is 9.57 Å². The second kappa shape index (κ2) is 8.84. The molecule has 0 radical (unpaired) electrons. The molecule has 0 unspecified atom stereocenters. The summed E-state index contributed by atoms with van der Waals surface area (Å²) in [5.41, 5.74) is 2.68. The number of ether oxygens (including phenoxy) is 1. The lowest BCUT2D eigenvalue weighted by Crippen LogP contribution is -2.17. The van der Waals surface area contributed by atoms with E-state index in [4.69, 9.17) is 14.7 Å². The zero-order chi connectivity index (χ0) is 7.66. The van der Waals surface area contributed by atoms with Crippen LogP contribution in [0.3, 0.4) is 0 Å². The summed E-state index contributed by atoms with van der Waals surface area (Å²) < 4.78 is 4.91. The zero-order valence-electron chi connectivity index (χ0n) is 6.30. The standard InChI is InChI=1S/C6H15NO3/c1-2-7-10-6-5-9-4-3-8/h7-8H,2-6H2,1H3. The Morgan fingerprint density at radius 1 is 1.30 bits per heavy atom. The molecule has 0 spiro atoms. The SMILES string of the molecule is CCNOCCOCCO. The molecule has 0 aliphatic heterocycles. The van der Waals surface area contributed by atoms with Gasteiger partial charge in [0.2, 0.25) is 0 Å². The van der Waals surface area contributed by atoms with Gasteiger partial charge in [0.25, 0.3) is 0 Å². The van der Waals surface area contributed by atoms with Gasteiger partial charge >= 0.3 is 0 Å². The Bertz CT molecular complexity index is 53.0. The van der Waals surface area contributed by atoms with Crippen molar-refractivity contribution < 1.29 is 14.7 Å². The first-order chi connectivity index (χ1) is 4.91. The molecule has 0 aromatic carbocycles. The predicted octanol–water partition coefficient (Wildman–Crippen LogP) is -0.464. The fourth-order valence-electron chi connectivity index (χ4n) is 0.441. The van der Waals surface area contributed by atoms with E-state index in [1.165, 1.54) is 0 Å². The van der Waals surface area contributed by atoms with Gasteiger partial charge in [0.15, 0.2) is 0 Å². The predicted molar refractivity (Wildman–Crippen MR) is 37.5 cm³/mol.